The van der Waals surface area contributed by atoms with Crippen LogP contribution in [0.2, 0.25) is 4.47 Å². The Morgan fingerprint density at radius 2 is 2.05 bits per heavy atom. The average molecular weight is 344 g/mol. The molecular formula is C12H10ClN3O3S2. The summed E-state index contributed by atoms with van der Waals surface area (Å²) in [6, 6.07) is 4.89. The molecule has 3 rings (SSSR count). The normalized spacial score (nSPS) is 12.0. The molecule has 3 aromatic rings. The molecule has 0 radical (unpaired) electrons. The molecule has 9 heteroatoms. The van der Waals surface area contributed by atoms with E-state index in [-0.39, 0.29) is 8.68 Å². The highest BCUT2D eigenvalue weighted by molar-refractivity contribution is 7.94. The van der Waals surface area contributed by atoms with Crippen molar-refractivity contribution in [1.29, 1.82) is 0 Å². The van der Waals surface area contributed by atoms with Gasteiger partial charge in [0, 0.05) is 6.92 Å². The van der Waals surface area contributed by atoms with E-state index in [4.69, 9.17) is 16.0 Å². The zero-order chi connectivity index (χ0) is 15.2. The van der Waals surface area contributed by atoms with Crippen molar-refractivity contribution in [2.45, 2.75) is 18.1 Å². The summed E-state index contributed by atoms with van der Waals surface area (Å²) < 4.78 is 32.8. The molecule has 2 heterocycles. The number of oxazole rings is 1. The Kier molecular flexibility index (Phi) is 3.39. The van der Waals surface area contributed by atoms with Crippen LogP contribution >= 0.6 is 22.9 Å². The third-order valence-corrected chi connectivity index (χ3v) is 5.97. The standard InChI is InChI=1S/C12H10ClN3O3S2/c1-6-11(20-12(13)14-6)21(17,18)16-8-3-4-10-9(5-8)15-7(2)19-10/h3-5,16H,1-2H3. The Labute approximate surface area is 129 Å². The van der Waals surface area contributed by atoms with Crippen LogP contribution in [0.25, 0.3) is 11.1 Å². The van der Waals surface area contributed by atoms with E-state index in [1.54, 1.807) is 32.0 Å². The molecule has 0 aliphatic rings. The second kappa shape index (κ2) is 4.97. The number of hydrogen-bond donors (Lipinski definition) is 1. The number of fused-ring (bicyclic) bond motifs is 1. The van der Waals surface area contributed by atoms with E-state index in [0.717, 1.165) is 11.3 Å². The SMILES string of the molecule is Cc1nc2cc(NS(=O)(=O)c3sc(Cl)nc3C)ccc2o1. The van der Waals surface area contributed by atoms with Crippen molar-refractivity contribution in [3.05, 3.63) is 34.3 Å². The Morgan fingerprint density at radius 3 is 2.71 bits per heavy atom. The smallest absolute Gasteiger partial charge is 0.273 e. The number of thiazole rings is 1. The highest BCUT2D eigenvalue weighted by Gasteiger charge is 2.21. The van der Waals surface area contributed by atoms with Crippen LogP contribution in [-0.2, 0) is 10.0 Å². The number of halogens is 1. The maximum Gasteiger partial charge on any atom is 0.273 e. The summed E-state index contributed by atoms with van der Waals surface area (Å²) in [6.45, 7) is 3.33. The molecule has 0 atom stereocenters. The van der Waals surface area contributed by atoms with Crippen LogP contribution < -0.4 is 4.72 Å². The highest BCUT2D eigenvalue weighted by atomic mass is 35.5. The van der Waals surface area contributed by atoms with Gasteiger partial charge in [0.05, 0.1) is 11.4 Å². The first-order valence-corrected chi connectivity index (χ1v) is 8.56. The van der Waals surface area contributed by atoms with Crippen molar-refractivity contribution in [2.24, 2.45) is 0 Å². The molecule has 0 unspecified atom stereocenters. The second-order valence-corrected chi connectivity index (χ2v) is 7.82. The van der Waals surface area contributed by atoms with Gasteiger partial charge in [0.15, 0.2) is 20.1 Å². The van der Waals surface area contributed by atoms with E-state index in [1.807, 2.05) is 0 Å². The number of sulfonamides is 1. The fraction of sp³-hybridized carbons (Fsp3) is 0.167. The molecular weight excluding hydrogens is 334 g/mol. The summed E-state index contributed by atoms with van der Waals surface area (Å²) in [5, 5.41) is 0. The molecule has 6 nitrogen and oxygen atoms in total. The number of aryl methyl sites for hydroxylation is 2. The summed E-state index contributed by atoms with van der Waals surface area (Å²) in [4.78, 5) is 8.08. The Hall–Kier alpha value is -1.64. The predicted molar refractivity (Wildman–Crippen MR) is 81.4 cm³/mol. The lowest BCUT2D eigenvalue weighted by Gasteiger charge is -2.06. The van der Waals surface area contributed by atoms with Crippen molar-refractivity contribution in [1.82, 2.24) is 9.97 Å². The number of nitrogens with one attached hydrogen (secondary N) is 1. The number of anilines is 1. The first-order valence-electron chi connectivity index (χ1n) is 5.88. The van der Waals surface area contributed by atoms with Gasteiger partial charge in [0.2, 0.25) is 0 Å². The summed E-state index contributed by atoms with van der Waals surface area (Å²) in [6.07, 6.45) is 0. The quantitative estimate of drug-likeness (QED) is 0.788. The first kappa shape index (κ1) is 14.3. The molecule has 1 N–H and O–H groups in total. The van der Waals surface area contributed by atoms with Gasteiger partial charge in [-0.2, -0.15) is 0 Å². The number of benzene rings is 1. The minimum absolute atomic E-state index is 0.101. The Bertz CT molecular complexity index is 931. The van der Waals surface area contributed by atoms with Crippen LogP contribution in [0.1, 0.15) is 11.6 Å². The van der Waals surface area contributed by atoms with Crippen molar-refractivity contribution in [3.63, 3.8) is 0 Å². The van der Waals surface area contributed by atoms with E-state index in [0.29, 0.717) is 28.4 Å². The van der Waals surface area contributed by atoms with E-state index < -0.39 is 10.0 Å². The van der Waals surface area contributed by atoms with Crippen molar-refractivity contribution >= 4 is 49.7 Å². The van der Waals surface area contributed by atoms with Gasteiger partial charge in [-0.3, -0.25) is 4.72 Å². The minimum atomic E-state index is -3.72. The minimum Gasteiger partial charge on any atom is -0.441 e. The van der Waals surface area contributed by atoms with Crippen LogP contribution in [-0.4, -0.2) is 18.4 Å². The number of rotatable bonds is 3. The van der Waals surface area contributed by atoms with Gasteiger partial charge < -0.3 is 4.42 Å². The molecule has 0 fully saturated rings. The molecule has 0 spiro atoms. The third kappa shape index (κ3) is 2.74. The first-order chi connectivity index (χ1) is 9.85. The van der Waals surface area contributed by atoms with E-state index in [9.17, 15) is 8.42 Å². The van der Waals surface area contributed by atoms with E-state index in [1.165, 1.54) is 0 Å². The number of hydrogen-bond acceptors (Lipinski definition) is 6. The molecule has 1 aromatic carbocycles. The molecule has 0 saturated heterocycles. The van der Waals surface area contributed by atoms with Gasteiger partial charge in [-0.25, -0.2) is 18.4 Å². The highest BCUT2D eigenvalue weighted by Crippen LogP contribution is 2.29. The maximum atomic E-state index is 12.3. The van der Waals surface area contributed by atoms with Crippen LogP contribution in [0.4, 0.5) is 5.69 Å². The maximum absolute atomic E-state index is 12.3. The Balaban J connectivity index is 1.98. The molecule has 0 aliphatic carbocycles. The molecule has 0 aliphatic heterocycles. The third-order valence-electron chi connectivity index (χ3n) is 2.72. The largest absolute Gasteiger partial charge is 0.441 e. The van der Waals surface area contributed by atoms with E-state index >= 15 is 0 Å². The Morgan fingerprint density at radius 1 is 1.29 bits per heavy atom. The number of aromatic nitrogens is 2. The zero-order valence-electron chi connectivity index (χ0n) is 11.0. The van der Waals surface area contributed by atoms with Crippen molar-refractivity contribution in [2.75, 3.05) is 4.72 Å². The van der Waals surface area contributed by atoms with Gasteiger partial charge in [-0.15, -0.1) is 0 Å². The van der Waals surface area contributed by atoms with Crippen LogP contribution in [0.5, 0.6) is 0 Å². The fourth-order valence-corrected chi connectivity index (χ4v) is 4.70. The molecule has 2 aromatic heterocycles. The topological polar surface area (TPSA) is 85.1 Å². The lowest BCUT2D eigenvalue weighted by Crippen LogP contribution is -2.12. The van der Waals surface area contributed by atoms with Gasteiger partial charge in [-0.05, 0) is 25.1 Å². The van der Waals surface area contributed by atoms with Crippen molar-refractivity contribution < 1.29 is 12.8 Å². The van der Waals surface area contributed by atoms with Crippen LogP contribution in [0.15, 0.2) is 26.8 Å². The summed E-state index contributed by atoms with van der Waals surface area (Å²) in [5.74, 6) is 0.523. The van der Waals surface area contributed by atoms with Gasteiger partial charge in [0.1, 0.15) is 5.52 Å². The summed E-state index contributed by atoms with van der Waals surface area (Å²) in [7, 11) is -3.72. The number of nitrogens with zero attached hydrogens (tertiary/aromatic N) is 2. The lowest BCUT2D eigenvalue weighted by molar-refractivity contribution is 0.561. The van der Waals surface area contributed by atoms with Crippen molar-refractivity contribution in [3.8, 4) is 0 Å². The second-order valence-electron chi connectivity index (χ2n) is 4.36. The average Bonchev–Trinajstić information content (AvgIpc) is 2.90. The molecule has 0 amide bonds. The van der Waals surface area contributed by atoms with E-state index in [2.05, 4.69) is 14.7 Å². The van der Waals surface area contributed by atoms with Crippen LogP contribution in [0, 0.1) is 13.8 Å². The summed E-state index contributed by atoms with van der Waals surface area (Å²) >= 11 is 6.67. The zero-order valence-corrected chi connectivity index (χ0v) is 13.4. The fourth-order valence-electron chi connectivity index (χ4n) is 1.91. The predicted octanol–water partition coefficient (Wildman–Crippen LogP) is 3.36. The van der Waals surface area contributed by atoms with Gasteiger partial charge >= 0.3 is 0 Å². The van der Waals surface area contributed by atoms with Gasteiger partial charge in [0.25, 0.3) is 10.0 Å². The molecule has 21 heavy (non-hydrogen) atoms. The molecule has 110 valence electrons. The van der Waals surface area contributed by atoms with Crippen LogP contribution in [0.3, 0.4) is 0 Å². The molecule has 0 saturated carbocycles. The monoisotopic (exact) mass is 343 g/mol. The molecule has 0 bridgehead atoms. The van der Waals surface area contributed by atoms with Gasteiger partial charge in [-0.1, -0.05) is 22.9 Å². The lowest BCUT2D eigenvalue weighted by atomic mass is 10.3. The summed E-state index contributed by atoms with van der Waals surface area (Å²) in [5.41, 5.74) is 1.97.